The first kappa shape index (κ1) is 11.0. The standard InChI is InChI=1S/C8H7F3O2S/c1-12-6-3-2-5(14)4-7(6)13-8(9,10)11/h2-4,14H,1H3. The zero-order chi connectivity index (χ0) is 10.8. The Hall–Kier alpha value is -1.04. The van der Waals surface area contributed by atoms with Crippen molar-refractivity contribution in [3.63, 3.8) is 0 Å². The highest BCUT2D eigenvalue weighted by Crippen LogP contribution is 2.33. The van der Waals surface area contributed by atoms with Crippen molar-refractivity contribution in [3.8, 4) is 11.5 Å². The highest BCUT2D eigenvalue weighted by molar-refractivity contribution is 7.80. The van der Waals surface area contributed by atoms with Crippen LogP contribution in [0.4, 0.5) is 13.2 Å². The zero-order valence-corrected chi connectivity index (χ0v) is 8.02. The van der Waals surface area contributed by atoms with Gasteiger partial charge in [0.15, 0.2) is 11.5 Å². The lowest BCUT2D eigenvalue weighted by Gasteiger charge is -2.12. The molecule has 0 radical (unpaired) electrons. The van der Waals surface area contributed by atoms with Gasteiger partial charge in [0.1, 0.15) is 0 Å². The Morgan fingerprint density at radius 1 is 1.21 bits per heavy atom. The van der Waals surface area contributed by atoms with Crippen molar-refractivity contribution in [1.82, 2.24) is 0 Å². The molecular formula is C8H7F3O2S. The number of hydrogen-bond donors (Lipinski definition) is 1. The number of methoxy groups -OCH3 is 1. The molecule has 1 rings (SSSR count). The van der Waals surface area contributed by atoms with Crippen molar-refractivity contribution in [1.29, 1.82) is 0 Å². The minimum atomic E-state index is -4.73. The predicted octanol–water partition coefficient (Wildman–Crippen LogP) is 2.88. The quantitative estimate of drug-likeness (QED) is 0.778. The van der Waals surface area contributed by atoms with Crippen molar-refractivity contribution in [2.75, 3.05) is 7.11 Å². The lowest BCUT2D eigenvalue weighted by Crippen LogP contribution is -2.17. The Balaban J connectivity index is 2.99. The van der Waals surface area contributed by atoms with Crippen molar-refractivity contribution < 1.29 is 22.6 Å². The molecule has 0 saturated carbocycles. The normalized spacial score (nSPS) is 11.2. The fourth-order valence-electron chi connectivity index (χ4n) is 0.870. The van der Waals surface area contributed by atoms with Gasteiger partial charge in [0.25, 0.3) is 0 Å². The maximum absolute atomic E-state index is 11.9. The Kier molecular flexibility index (Phi) is 3.15. The van der Waals surface area contributed by atoms with Gasteiger partial charge in [-0.1, -0.05) is 0 Å². The van der Waals surface area contributed by atoms with Crippen molar-refractivity contribution in [2.24, 2.45) is 0 Å². The predicted molar refractivity (Wildman–Crippen MR) is 46.9 cm³/mol. The molecule has 1 aromatic carbocycles. The first-order chi connectivity index (χ1) is 6.42. The van der Waals surface area contributed by atoms with E-state index in [1.165, 1.54) is 19.2 Å². The molecule has 2 nitrogen and oxygen atoms in total. The first-order valence-corrected chi connectivity index (χ1v) is 4.00. The number of rotatable bonds is 2. The van der Waals surface area contributed by atoms with E-state index in [0.717, 1.165) is 6.07 Å². The van der Waals surface area contributed by atoms with Crippen molar-refractivity contribution in [3.05, 3.63) is 18.2 Å². The van der Waals surface area contributed by atoms with Crippen molar-refractivity contribution in [2.45, 2.75) is 11.3 Å². The van der Waals surface area contributed by atoms with Gasteiger partial charge in [0.2, 0.25) is 0 Å². The van der Waals surface area contributed by atoms with Crippen LogP contribution in [-0.4, -0.2) is 13.5 Å². The van der Waals surface area contributed by atoms with Crippen LogP contribution >= 0.6 is 12.6 Å². The molecule has 0 heterocycles. The van der Waals surface area contributed by atoms with Crippen LogP contribution in [0.1, 0.15) is 0 Å². The summed E-state index contributed by atoms with van der Waals surface area (Å²) < 4.78 is 44.1. The van der Waals surface area contributed by atoms with Gasteiger partial charge in [-0.3, -0.25) is 0 Å². The van der Waals surface area contributed by atoms with Crippen LogP contribution in [0.2, 0.25) is 0 Å². The lowest BCUT2D eigenvalue weighted by atomic mass is 10.3. The molecular weight excluding hydrogens is 217 g/mol. The summed E-state index contributed by atoms with van der Waals surface area (Å²) in [6.07, 6.45) is -4.73. The van der Waals surface area contributed by atoms with E-state index in [1.807, 2.05) is 0 Å². The smallest absolute Gasteiger partial charge is 0.493 e. The number of ether oxygens (including phenoxy) is 2. The molecule has 0 bridgehead atoms. The number of thiol groups is 1. The van der Waals surface area contributed by atoms with Gasteiger partial charge in [-0.2, -0.15) is 0 Å². The summed E-state index contributed by atoms with van der Waals surface area (Å²) in [5, 5.41) is 0. The second-order valence-corrected chi connectivity index (χ2v) is 2.90. The topological polar surface area (TPSA) is 18.5 Å². The molecule has 1 aromatic rings. The Labute approximate surface area is 84.0 Å². The van der Waals surface area contributed by atoms with Crippen LogP contribution in [0.25, 0.3) is 0 Å². The van der Waals surface area contributed by atoms with E-state index in [9.17, 15) is 13.2 Å². The van der Waals surface area contributed by atoms with E-state index in [-0.39, 0.29) is 5.75 Å². The van der Waals surface area contributed by atoms with Gasteiger partial charge >= 0.3 is 6.36 Å². The van der Waals surface area contributed by atoms with E-state index in [1.54, 1.807) is 0 Å². The highest BCUT2D eigenvalue weighted by atomic mass is 32.1. The van der Waals surface area contributed by atoms with Crippen LogP contribution in [-0.2, 0) is 0 Å². The number of benzene rings is 1. The molecule has 0 amide bonds. The molecule has 78 valence electrons. The van der Waals surface area contributed by atoms with Gasteiger partial charge < -0.3 is 9.47 Å². The average Bonchev–Trinajstić information content (AvgIpc) is 2.01. The largest absolute Gasteiger partial charge is 0.573 e. The van der Waals surface area contributed by atoms with Crippen LogP contribution in [0.3, 0.4) is 0 Å². The summed E-state index contributed by atoms with van der Waals surface area (Å²) in [7, 11) is 1.26. The molecule has 6 heteroatoms. The molecule has 0 fully saturated rings. The highest BCUT2D eigenvalue weighted by Gasteiger charge is 2.32. The second kappa shape index (κ2) is 4.00. The monoisotopic (exact) mass is 224 g/mol. The molecule has 0 aliphatic heterocycles. The molecule has 14 heavy (non-hydrogen) atoms. The van der Waals surface area contributed by atoms with E-state index in [4.69, 9.17) is 0 Å². The zero-order valence-electron chi connectivity index (χ0n) is 7.13. The summed E-state index contributed by atoms with van der Waals surface area (Å²) in [5.74, 6) is -0.382. The summed E-state index contributed by atoms with van der Waals surface area (Å²) in [4.78, 5) is 0.366. The Morgan fingerprint density at radius 2 is 1.86 bits per heavy atom. The lowest BCUT2D eigenvalue weighted by molar-refractivity contribution is -0.275. The summed E-state index contributed by atoms with van der Waals surface area (Å²) in [6.45, 7) is 0. The van der Waals surface area contributed by atoms with Crippen LogP contribution in [0, 0.1) is 0 Å². The van der Waals surface area contributed by atoms with Gasteiger partial charge in [0, 0.05) is 4.90 Å². The third-order valence-electron chi connectivity index (χ3n) is 1.37. The molecule has 0 unspecified atom stereocenters. The Bertz CT molecular complexity index is 325. The number of halogens is 3. The number of alkyl halides is 3. The minimum absolute atomic E-state index is 0.0140. The van der Waals surface area contributed by atoms with Crippen LogP contribution < -0.4 is 9.47 Å². The van der Waals surface area contributed by atoms with Crippen LogP contribution in [0.5, 0.6) is 11.5 Å². The molecule has 0 saturated heterocycles. The Morgan fingerprint density at radius 3 is 2.36 bits per heavy atom. The first-order valence-electron chi connectivity index (χ1n) is 3.55. The molecule has 0 N–H and O–H groups in total. The SMILES string of the molecule is COc1ccc(S)cc1OC(F)(F)F. The third-order valence-corrected chi connectivity index (χ3v) is 1.65. The third kappa shape index (κ3) is 3.02. The van der Waals surface area contributed by atoms with E-state index >= 15 is 0 Å². The fourth-order valence-corrected chi connectivity index (χ4v) is 1.06. The van der Waals surface area contributed by atoms with Gasteiger partial charge in [-0.15, -0.1) is 25.8 Å². The van der Waals surface area contributed by atoms with E-state index in [0.29, 0.717) is 4.90 Å². The minimum Gasteiger partial charge on any atom is -0.493 e. The maximum Gasteiger partial charge on any atom is 0.573 e. The summed E-state index contributed by atoms with van der Waals surface area (Å²) >= 11 is 3.89. The number of hydrogen-bond acceptors (Lipinski definition) is 3. The van der Waals surface area contributed by atoms with E-state index < -0.39 is 12.1 Å². The molecule has 0 atom stereocenters. The maximum atomic E-state index is 11.9. The fraction of sp³-hybridized carbons (Fsp3) is 0.250. The molecule has 0 aliphatic carbocycles. The summed E-state index contributed by atoms with van der Waals surface area (Å²) in [6, 6.07) is 3.99. The molecule has 0 spiro atoms. The average molecular weight is 224 g/mol. The molecule has 0 aromatic heterocycles. The summed E-state index contributed by atoms with van der Waals surface area (Å²) in [5.41, 5.74) is 0. The molecule has 0 aliphatic rings. The second-order valence-electron chi connectivity index (χ2n) is 2.38. The van der Waals surface area contributed by atoms with E-state index in [2.05, 4.69) is 22.1 Å². The van der Waals surface area contributed by atoms with Crippen LogP contribution in [0.15, 0.2) is 23.1 Å². The van der Waals surface area contributed by atoms with Gasteiger partial charge in [-0.05, 0) is 18.2 Å². The van der Waals surface area contributed by atoms with Crippen molar-refractivity contribution >= 4 is 12.6 Å². The van der Waals surface area contributed by atoms with Gasteiger partial charge in [-0.25, -0.2) is 0 Å². The van der Waals surface area contributed by atoms with Gasteiger partial charge in [0.05, 0.1) is 7.11 Å².